The molecule has 0 aromatic heterocycles. The molecular weight excluding hydrogens is 366 g/mol. The van der Waals surface area contributed by atoms with Gasteiger partial charge in [0.1, 0.15) is 11.6 Å². The van der Waals surface area contributed by atoms with Crippen molar-refractivity contribution in [3.63, 3.8) is 0 Å². The number of hydrogen-bond acceptors (Lipinski definition) is 4. The van der Waals surface area contributed by atoms with Crippen LogP contribution in [0.3, 0.4) is 0 Å². The first-order valence-electron chi connectivity index (χ1n) is 9.48. The van der Waals surface area contributed by atoms with Crippen LogP contribution in [0.25, 0.3) is 0 Å². The maximum Gasteiger partial charge on any atom is 0.238 e. The van der Waals surface area contributed by atoms with Gasteiger partial charge in [-0.2, -0.15) is 0 Å². The van der Waals surface area contributed by atoms with Crippen LogP contribution < -0.4 is 14.8 Å². The van der Waals surface area contributed by atoms with Crippen molar-refractivity contribution in [2.24, 2.45) is 0 Å². The smallest absolute Gasteiger partial charge is 0.238 e. The van der Waals surface area contributed by atoms with Gasteiger partial charge in [0.15, 0.2) is 11.5 Å². The number of nitrogens with zero attached hydrogens (tertiary/aromatic N) is 1. The third-order valence-corrected chi connectivity index (χ3v) is 5.07. The van der Waals surface area contributed by atoms with E-state index in [4.69, 9.17) is 9.47 Å². The topological polar surface area (TPSA) is 50.8 Å². The average molecular weight is 388 g/mol. The molecule has 1 saturated heterocycles. The number of nitrogens with one attached hydrogen (secondary N) is 1. The van der Waals surface area contributed by atoms with Crippen molar-refractivity contribution in [3.8, 4) is 11.5 Å². The molecule has 1 amide bonds. The Morgan fingerprint density at radius 1 is 1.07 bits per heavy atom. The minimum absolute atomic E-state index is 0.0160. The van der Waals surface area contributed by atoms with E-state index in [1.165, 1.54) is 6.07 Å². The van der Waals surface area contributed by atoms with Gasteiger partial charge in [0.05, 0.1) is 25.4 Å². The quantitative estimate of drug-likeness (QED) is 0.863. The minimum Gasteiger partial charge on any atom is -0.490 e. The number of amides is 1. The monoisotopic (exact) mass is 388 g/mol. The van der Waals surface area contributed by atoms with E-state index in [0.29, 0.717) is 13.2 Å². The Hall–Kier alpha value is -2.67. The molecule has 28 heavy (non-hydrogen) atoms. The van der Waals surface area contributed by atoms with E-state index in [1.54, 1.807) is 0 Å². The predicted octanol–water partition coefficient (Wildman–Crippen LogP) is 3.90. The van der Waals surface area contributed by atoms with Gasteiger partial charge < -0.3 is 14.8 Å². The van der Waals surface area contributed by atoms with E-state index in [1.807, 2.05) is 18.2 Å². The summed E-state index contributed by atoms with van der Waals surface area (Å²) in [6.45, 7) is 2.17. The lowest BCUT2D eigenvalue weighted by Crippen LogP contribution is -2.33. The molecule has 1 N–H and O–H groups in total. The molecule has 0 saturated carbocycles. The minimum atomic E-state index is -0.783. The molecule has 4 rings (SSSR count). The summed E-state index contributed by atoms with van der Waals surface area (Å²) in [5, 5.41) is 2.53. The van der Waals surface area contributed by atoms with Crippen LogP contribution in [0.5, 0.6) is 11.5 Å². The number of likely N-dealkylation sites (tertiary alicyclic amines) is 1. The third-order valence-electron chi connectivity index (χ3n) is 5.07. The van der Waals surface area contributed by atoms with Crippen LogP contribution in [0.15, 0.2) is 36.4 Å². The Labute approximate surface area is 162 Å². The van der Waals surface area contributed by atoms with Gasteiger partial charge in [-0.1, -0.05) is 6.07 Å². The average Bonchev–Trinajstić information content (AvgIpc) is 2.99. The summed E-state index contributed by atoms with van der Waals surface area (Å²) >= 11 is 0. The molecule has 0 bridgehead atoms. The van der Waals surface area contributed by atoms with E-state index in [9.17, 15) is 13.6 Å². The summed E-state index contributed by atoms with van der Waals surface area (Å²) in [4.78, 5) is 14.5. The summed E-state index contributed by atoms with van der Waals surface area (Å²) in [7, 11) is 0. The first-order valence-corrected chi connectivity index (χ1v) is 9.48. The molecule has 1 atom stereocenters. The van der Waals surface area contributed by atoms with Gasteiger partial charge >= 0.3 is 0 Å². The van der Waals surface area contributed by atoms with Gasteiger partial charge in [0.2, 0.25) is 5.91 Å². The SMILES string of the molecule is O=C(CN1CCC[C@@H]1c1ccc2c(c1)OCCCO2)Nc1ccc(F)cc1F. The van der Waals surface area contributed by atoms with Crippen molar-refractivity contribution in [1.82, 2.24) is 4.90 Å². The van der Waals surface area contributed by atoms with Crippen LogP contribution >= 0.6 is 0 Å². The Morgan fingerprint density at radius 2 is 1.89 bits per heavy atom. The van der Waals surface area contributed by atoms with Gasteiger partial charge in [-0.15, -0.1) is 0 Å². The highest BCUT2D eigenvalue weighted by Gasteiger charge is 2.28. The van der Waals surface area contributed by atoms with Crippen molar-refractivity contribution in [1.29, 1.82) is 0 Å². The zero-order valence-electron chi connectivity index (χ0n) is 15.4. The molecule has 2 aliphatic heterocycles. The second kappa shape index (κ2) is 8.14. The highest BCUT2D eigenvalue weighted by molar-refractivity contribution is 5.92. The van der Waals surface area contributed by atoms with Crippen LogP contribution in [0.4, 0.5) is 14.5 Å². The number of anilines is 1. The van der Waals surface area contributed by atoms with Crippen LogP contribution in [-0.4, -0.2) is 37.1 Å². The van der Waals surface area contributed by atoms with Crippen LogP contribution in [0.2, 0.25) is 0 Å². The molecule has 148 valence electrons. The van der Waals surface area contributed by atoms with Gasteiger partial charge in [0, 0.05) is 18.5 Å². The molecular formula is C21H22F2N2O3. The lowest BCUT2D eigenvalue weighted by atomic mass is 10.0. The number of rotatable bonds is 4. The fourth-order valence-electron chi connectivity index (χ4n) is 3.75. The summed E-state index contributed by atoms with van der Waals surface area (Å²) in [6.07, 6.45) is 2.74. The Kier molecular flexibility index (Phi) is 5.43. The van der Waals surface area contributed by atoms with Gasteiger partial charge in [-0.3, -0.25) is 9.69 Å². The van der Waals surface area contributed by atoms with E-state index < -0.39 is 11.6 Å². The molecule has 7 heteroatoms. The summed E-state index contributed by atoms with van der Waals surface area (Å²) < 4.78 is 38.2. The maximum absolute atomic E-state index is 13.8. The zero-order chi connectivity index (χ0) is 19.5. The number of carbonyl (C=O) groups is 1. The first kappa shape index (κ1) is 18.7. The number of fused-ring (bicyclic) bond motifs is 1. The zero-order valence-corrected chi connectivity index (χ0v) is 15.4. The van der Waals surface area contributed by atoms with Crippen LogP contribution in [-0.2, 0) is 4.79 Å². The largest absolute Gasteiger partial charge is 0.490 e. The van der Waals surface area contributed by atoms with Gasteiger partial charge in [0.25, 0.3) is 0 Å². The van der Waals surface area contributed by atoms with Gasteiger partial charge in [-0.05, 0) is 49.2 Å². The summed E-state index contributed by atoms with van der Waals surface area (Å²) in [5.41, 5.74) is 1.06. The lowest BCUT2D eigenvalue weighted by Gasteiger charge is -2.25. The normalized spacial score (nSPS) is 19.3. The fraction of sp³-hybridized carbons (Fsp3) is 0.381. The Morgan fingerprint density at radius 3 is 2.71 bits per heavy atom. The molecule has 2 heterocycles. The van der Waals surface area contributed by atoms with E-state index in [-0.39, 0.29) is 24.2 Å². The molecule has 0 radical (unpaired) electrons. The molecule has 1 fully saturated rings. The molecule has 0 aliphatic carbocycles. The van der Waals surface area contributed by atoms with Crippen molar-refractivity contribution < 1.29 is 23.0 Å². The molecule has 2 aromatic rings. The molecule has 0 spiro atoms. The highest BCUT2D eigenvalue weighted by atomic mass is 19.1. The fourth-order valence-corrected chi connectivity index (χ4v) is 3.75. The van der Waals surface area contributed by atoms with E-state index >= 15 is 0 Å². The second-order valence-electron chi connectivity index (χ2n) is 7.06. The van der Waals surface area contributed by atoms with Gasteiger partial charge in [-0.25, -0.2) is 8.78 Å². The first-order chi connectivity index (χ1) is 13.6. The number of hydrogen-bond donors (Lipinski definition) is 1. The van der Waals surface area contributed by atoms with Crippen molar-refractivity contribution in [2.75, 3.05) is 31.6 Å². The number of carbonyl (C=O) groups excluding carboxylic acids is 1. The van der Waals surface area contributed by atoms with Crippen molar-refractivity contribution in [2.45, 2.75) is 25.3 Å². The van der Waals surface area contributed by atoms with E-state index in [2.05, 4.69) is 10.2 Å². The lowest BCUT2D eigenvalue weighted by molar-refractivity contribution is -0.117. The molecule has 0 unspecified atom stereocenters. The number of benzene rings is 2. The standard InChI is InChI=1S/C21H22F2N2O3/c22-15-5-6-17(16(23)12-15)24-21(26)13-25-8-1-3-18(25)14-4-7-19-20(11-14)28-10-2-9-27-19/h4-7,11-12,18H,1-3,8-10,13H2,(H,24,26)/t18-/m1/s1. The van der Waals surface area contributed by atoms with Crippen LogP contribution in [0.1, 0.15) is 30.9 Å². The Bertz CT molecular complexity index is 875. The van der Waals surface area contributed by atoms with E-state index in [0.717, 1.165) is 55.0 Å². The Balaban J connectivity index is 1.45. The molecule has 2 aliphatic rings. The second-order valence-corrected chi connectivity index (χ2v) is 7.06. The third kappa shape index (κ3) is 4.09. The molecule has 5 nitrogen and oxygen atoms in total. The number of halogens is 2. The number of ether oxygens (including phenoxy) is 2. The predicted molar refractivity (Wildman–Crippen MR) is 101 cm³/mol. The highest BCUT2D eigenvalue weighted by Crippen LogP contribution is 2.37. The summed E-state index contributed by atoms with van der Waals surface area (Å²) in [5.74, 6) is -0.305. The summed E-state index contributed by atoms with van der Waals surface area (Å²) in [6, 6.07) is 9.10. The maximum atomic E-state index is 13.8. The van der Waals surface area contributed by atoms with Crippen LogP contribution in [0, 0.1) is 11.6 Å². The van der Waals surface area contributed by atoms with Crippen molar-refractivity contribution in [3.05, 3.63) is 53.6 Å². The van der Waals surface area contributed by atoms with Crippen molar-refractivity contribution >= 4 is 11.6 Å². The molecule has 2 aromatic carbocycles.